The zero-order valence-corrected chi connectivity index (χ0v) is 14.6. The minimum absolute atomic E-state index is 0.329. The van der Waals surface area contributed by atoms with E-state index in [1.807, 2.05) is 37.3 Å². The predicted molar refractivity (Wildman–Crippen MR) is 95.5 cm³/mol. The molecule has 0 aromatic heterocycles. The topological polar surface area (TPSA) is 69.9 Å². The molecule has 1 aromatic rings. The Morgan fingerprint density at radius 1 is 1.24 bits per heavy atom. The van der Waals surface area contributed by atoms with Crippen LogP contribution in [0, 0.1) is 17.3 Å². The number of hydrogen-bond donors (Lipinski definition) is 3. The average molecular weight is 342 g/mol. The Morgan fingerprint density at radius 3 is 2.76 bits per heavy atom. The van der Waals surface area contributed by atoms with Gasteiger partial charge in [-0.3, -0.25) is 0 Å². The van der Waals surface area contributed by atoms with E-state index in [1.165, 1.54) is 0 Å². The Hall–Kier alpha value is -1.64. The second-order valence-corrected chi connectivity index (χ2v) is 7.24. The molecule has 4 nitrogen and oxygen atoms in total. The smallest absolute Gasteiger partial charge is 0.134 e. The van der Waals surface area contributed by atoms with Crippen molar-refractivity contribution in [1.29, 1.82) is 0 Å². The molecule has 0 spiro atoms. The molecule has 2 unspecified atom stereocenters. The standard InChI is InChI=1S/C21H26O4/c1-20-14-19(23)18(22)13-17(20)9-11-21(20,24)10-5-6-12-25-15-16-7-3-2-4-8-16/h2-4,7-8,13,18-19,22-24H,6,9,11-12,14-15H2,1H3/t18?,19?,20-,21-/m0/s1. The fourth-order valence-electron chi connectivity index (χ4n) is 3.85. The van der Waals surface area contributed by atoms with E-state index in [4.69, 9.17) is 4.74 Å². The molecule has 134 valence electrons. The maximum Gasteiger partial charge on any atom is 0.134 e. The lowest BCUT2D eigenvalue weighted by atomic mass is 9.67. The number of hydrogen-bond acceptors (Lipinski definition) is 4. The van der Waals surface area contributed by atoms with Crippen molar-refractivity contribution in [2.75, 3.05) is 6.61 Å². The minimum Gasteiger partial charge on any atom is -0.390 e. The van der Waals surface area contributed by atoms with Gasteiger partial charge in [0.05, 0.1) is 25.4 Å². The molecule has 0 saturated heterocycles. The number of ether oxygens (including phenoxy) is 1. The van der Waals surface area contributed by atoms with Gasteiger partial charge in [-0.05, 0) is 24.8 Å². The lowest BCUT2D eigenvalue weighted by Gasteiger charge is -2.42. The van der Waals surface area contributed by atoms with E-state index >= 15 is 0 Å². The number of rotatable bonds is 4. The summed E-state index contributed by atoms with van der Waals surface area (Å²) in [7, 11) is 0. The molecule has 4 heteroatoms. The molecule has 1 fully saturated rings. The molecule has 0 amide bonds. The van der Waals surface area contributed by atoms with E-state index in [9.17, 15) is 15.3 Å². The average Bonchev–Trinajstić information content (AvgIpc) is 2.84. The van der Waals surface area contributed by atoms with Gasteiger partial charge in [-0.15, -0.1) is 0 Å². The molecule has 1 saturated carbocycles. The normalized spacial score (nSPS) is 34.0. The van der Waals surface area contributed by atoms with Crippen molar-refractivity contribution in [3.8, 4) is 11.8 Å². The highest BCUT2D eigenvalue weighted by Crippen LogP contribution is 2.55. The lowest BCUT2D eigenvalue weighted by Crippen LogP contribution is -2.48. The molecular formula is C21H26O4. The van der Waals surface area contributed by atoms with Gasteiger partial charge < -0.3 is 20.1 Å². The summed E-state index contributed by atoms with van der Waals surface area (Å²) in [6, 6.07) is 9.97. The van der Waals surface area contributed by atoms with Gasteiger partial charge >= 0.3 is 0 Å². The highest BCUT2D eigenvalue weighted by molar-refractivity contribution is 5.37. The van der Waals surface area contributed by atoms with Crippen molar-refractivity contribution < 1.29 is 20.1 Å². The quantitative estimate of drug-likeness (QED) is 0.446. The number of benzene rings is 1. The summed E-state index contributed by atoms with van der Waals surface area (Å²) >= 11 is 0. The molecule has 4 atom stereocenters. The Bertz CT molecular complexity index is 687. The van der Waals surface area contributed by atoms with Crippen LogP contribution < -0.4 is 0 Å². The van der Waals surface area contributed by atoms with Crippen molar-refractivity contribution in [1.82, 2.24) is 0 Å². The molecule has 0 heterocycles. The fourth-order valence-corrected chi connectivity index (χ4v) is 3.85. The van der Waals surface area contributed by atoms with E-state index < -0.39 is 23.2 Å². The first-order valence-corrected chi connectivity index (χ1v) is 8.86. The molecule has 0 bridgehead atoms. The van der Waals surface area contributed by atoms with E-state index in [0.717, 1.165) is 11.1 Å². The number of aliphatic hydroxyl groups is 3. The maximum atomic E-state index is 11.0. The molecular weight excluding hydrogens is 316 g/mol. The van der Waals surface area contributed by atoms with Crippen LogP contribution in [0.25, 0.3) is 0 Å². The van der Waals surface area contributed by atoms with E-state index in [0.29, 0.717) is 38.9 Å². The largest absolute Gasteiger partial charge is 0.390 e. The zero-order valence-electron chi connectivity index (χ0n) is 14.6. The van der Waals surface area contributed by atoms with E-state index in [2.05, 4.69) is 11.8 Å². The van der Waals surface area contributed by atoms with Crippen molar-refractivity contribution in [2.24, 2.45) is 5.41 Å². The summed E-state index contributed by atoms with van der Waals surface area (Å²) in [5, 5.41) is 30.9. The second-order valence-electron chi connectivity index (χ2n) is 7.24. The van der Waals surface area contributed by atoms with Crippen LogP contribution in [-0.4, -0.2) is 39.7 Å². The Morgan fingerprint density at radius 2 is 2.00 bits per heavy atom. The SMILES string of the molecule is C[C@]12CC(O)C(O)C=C1CC[C@@]2(O)C#CCCOCc1ccccc1. The summed E-state index contributed by atoms with van der Waals surface area (Å²) in [5.41, 5.74) is 0.382. The van der Waals surface area contributed by atoms with Crippen molar-refractivity contribution in [3.05, 3.63) is 47.5 Å². The van der Waals surface area contributed by atoms with Crippen LogP contribution in [0.15, 0.2) is 42.0 Å². The summed E-state index contributed by atoms with van der Waals surface area (Å²) in [6.07, 6.45) is 2.11. The highest BCUT2D eigenvalue weighted by Gasteiger charge is 2.56. The van der Waals surface area contributed by atoms with Crippen LogP contribution in [0.1, 0.15) is 38.2 Å². The van der Waals surface area contributed by atoms with Gasteiger partial charge in [0.2, 0.25) is 0 Å². The van der Waals surface area contributed by atoms with Gasteiger partial charge in [0, 0.05) is 11.8 Å². The van der Waals surface area contributed by atoms with Crippen LogP contribution >= 0.6 is 0 Å². The van der Waals surface area contributed by atoms with Crippen LogP contribution in [0.4, 0.5) is 0 Å². The zero-order chi connectivity index (χ0) is 17.9. The molecule has 1 aromatic carbocycles. The summed E-state index contributed by atoms with van der Waals surface area (Å²) in [4.78, 5) is 0. The third-order valence-corrected chi connectivity index (χ3v) is 5.54. The van der Waals surface area contributed by atoms with Gasteiger partial charge in [-0.25, -0.2) is 0 Å². The Balaban J connectivity index is 1.56. The van der Waals surface area contributed by atoms with Crippen LogP contribution in [0.3, 0.4) is 0 Å². The molecule has 0 radical (unpaired) electrons. The van der Waals surface area contributed by atoms with E-state index in [1.54, 1.807) is 6.08 Å². The minimum atomic E-state index is -1.15. The molecule has 25 heavy (non-hydrogen) atoms. The van der Waals surface area contributed by atoms with Crippen molar-refractivity contribution in [3.63, 3.8) is 0 Å². The Kier molecular flexibility index (Phi) is 5.31. The number of fused-ring (bicyclic) bond motifs is 1. The number of aliphatic hydroxyl groups excluding tert-OH is 2. The van der Waals surface area contributed by atoms with Gasteiger partial charge in [0.15, 0.2) is 0 Å². The first-order chi connectivity index (χ1) is 11.9. The molecule has 3 N–H and O–H groups in total. The van der Waals surface area contributed by atoms with Crippen molar-refractivity contribution in [2.45, 2.75) is 57.0 Å². The Labute approximate surface area is 149 Å². The van der Waals surface area contributed by atoms with Crippen molar-refractivity contribution >= 4 is 0 Å². The monoisotopic (exact) mass is 342 g/mol. The maximum absolute atomic E-state index is 11.0. The summed E-state index contributed by atoms with van der Waals surface area (Å²) in [6.45, 7) is 3.00. The molecule has 2 aliphatic carbocycles. The van der Waals surface area contributed by atoms with Gasteiger partial charge in [-0.1, -0.05) is 60.7 Å². The van der Waals surface area contributed by atoms with Crippen LogP contribution in [-0.2, 0) is 11.3 Å². The molecule has 0 aliphatic heterocycles. The fraction of sp³-hybridized carbons (Fsp3) is 0.524. The lowest BCUT2D eigenvalue weighted by molar-refractivity contribution is -0.0477. The van der Waals surface area contributed by atoms with Crippen LogP contribution in [0.5, 0.6) is 0 Å². The first kappa shape index (κ1) is 18.2. The summed E-state index contributed by atoms with van der Waals surface area (Å²) in [5.74, 6) is 6.07. The highest BCUT2D eigenvalue weighted by atomic mass is 16.5. The third-order valence-electron chi connectivity index (χ3n) is 5.54. The summed E-state index contributed by atoms with van der Waals surface area (Å²) < 4.78 is 5.61. The molecule has 2 aliphatic rings. The van der Waals surface area contributed by atoms with Gasteiger partial charge in [0.1, 0.15) is 5.60 Å². The van der Waals surface area contributed by atoms with Crippen LogP contribution in [0.2, 0.25) is 0 Å². The van der Waals surface area contributed by atoms with E-state index in [-0.39, 0.29) is 0 Å². The molecule has 3 rings (SSSR count). The predicted octanol–water partition coefficient (Wildman–Crippen LogP) is 2.18. The van der Waals surface area contributed by atoms with Gasteiger partial charge in [0.25, 0.3) is 0 Å². The third kappa shape index (κ3) is 3.65. The second kappa shape index (κ2) is 7.31. The van der Waals surface area contributed by atoms with Gasteiger partial charge in [-0.2, -0.15) is 0 Å². The first-order valence-electron chi connectivity index (χ1n) is 8.86.